The van der Waals surface area contributed by atoms with Crippen LogP contribution in [0.15, 0.2) is 0 Å². The molecule has 1 atom stereocenters. The van der Waals surface area contributed by atoms with Crippen molar-refractivity contribution in [2.75, 3.05) is 0 Å². The van der Waals surface area contributed by atoms with Crippen molar-refractivity contribution in [1.29, 1.82) is 5.26 Å². The van der Waals surface area contributed by atoms with Crippen LogP contribution in [-0.4, -0.2) is 10.7 Å². The lowest BCUT2D eigenvalue weighted by atomic mass is 9.86. The number of hydrogen-bond donors (Lipinski definition) is 1. The number of hydrogen-bond acceptors (Lipinski definition) is 3. The Morgan fingerprint density at radius 2 is 1.94 bits per heavy atom. The highest BCUT2D eigenvalue weighted by molar-refractivity contribution is 5.58. The average Bonchev–Trinajstić information content (AvgIpc) is 2.34. The maximum absolute atomic E-state index is 10.1. The molecule has 18 heavy (non-hydrogen) atoms. The van der Waals surface area contributed by atoms with Gasteiger partial charge in [0.05, 0.1) is 12.5 Å². The third-order valence-electron chi connectivity index (χ3n) is 4.05. The molecule has 0 radical (unpaired) electrons. The summed E-state index contributed by atoms with van der Waals surface area (Å²) in [6.45, 7) is 7.77. The van der Waals surface area contributed by atoms with E-state index in [1.165, 1.54) is 0 Å². The van der Waals surface area contributed by atoms with Gasteiger partial charge in [-0.1, -0.05) is 0 Å². The molecule has 0 fully saturated rings. The summed E-state index contributed by atoms with van der Waals surface area (Å²) in [5.41, 5.74) is 3.45. The number of fused-ring (bicyclic) bond motifs is 1. The molecule has 1 aliphatic heterocycles. The summed E-state index contributed by atoms with van der Waals surface area (Å²) in [6, 6.07) is 2.19. The molecule has 0 aromatic heterocycles. The van der Waals surface area contributed by atoms with Crippen molar-refractivity contribution >= 4 is 0 Å². The second kappa shape index (κ2) is 4.20. The molecule has 1 N–H and O–H groups in total. The largest absolute Gasteiger partial charge is 0.507 e. The Kier molecular flexibility index (Phi) is 2.98. The van der Waals surface area contributed by atoms with E-state index in [-0.39, 0.29) is 0 Å². The van der Waals surface area contributed by atoms with Crippen LogP contribution < -0.4 is 4.74 Å². The number of nitrogens with zero attached hydrogens (tertiary/aromatic N) is 1. The molecule has 0 saturated heterocycles. The van der Waals surface area contributed by atoms with Gasteiger partial charge in [-0.2, -0.15) is 5.26 Å². The molecule has 0 amide bonds. The van der Waals surface area contributed by atoms with Gasteiger partial charge in [0.2, 0.25) is 0 Å². The smallest absolute Gasteiger partial charge is 0.127 e. The van der Waals surface area contributed by atoms with Crippen molar-refractivity contribution in [3.05, 3.63) is 22.3 Å². The molecule has 3 nitrogen and oxygen atoms in total. The van der Waals surface area contributed by atoms with Crippen molar-refractivity contribution in [3.63, 3.8) is 0 Å². The zero-order valence-electron chi connectivity index (χ0n) is 11.4. The fraction of sp³-hybridized carbons (Fsp3) is 0.533. The van der Waals surface area contributed by atoms with Gasteiger partial charge >= 0.3 is 0 Å². The molecule has 96 valence electrons. The van der Waals surface area contributed by atoms with Crippen LogP contribution >= 0.6 is 0 Å². The summed E-state index contributed by atoms with van der Waals surface area (Å²) in [6.07, 6.45) is 2.06. The highest BCUT2D eigenvalue weighted by Crippen LogP contribution is 2.43. The number of benzene rings is 1. The zero-order valence-corrected chi connectivity index (χ0v) is 11.4. The van der Waals surface area contributed by atoms with Gasteiger partial charge in [0.25, 0.3) is 0 Å². The van der Waals surface area contributed by atoms with Gasteiger partial charge in [-0.15, -0.1) is 0 Å². The van der Waals surface area contributed by atoms with Crippen LogP contribution in [0.4, 0.5) is 0 Å². The second-order valence-corrected chi connectivity index (χ2v) is 5.42. The SMILES string of the molecule is Cc1c(C)c2c(c(C)c1O)CCC(C)(CC#N)O2. The minimum Gasteiger partial charge on any atom is -0.507 e. The Balaban J connectivity index is 2.54. The average molecular weight is 245 g/mol. The first kappa shape index (κ1) is 12.8. The van der Waals surface area contributed by atoms with Crippen LogP contribution in [0.25, 0.3) is 0 Å². The normalized spacial score (nSPS) is 21.9. The number of phenols is 1. The minimum absolute atomic E-state index is 0.374. The highest BCUT2D eigenvalue weighted by Gasteiger charge is 2.34. The molecular formula is C15H19NO2. The summed E-state index contributed by atoms with van der Waals surface area (Å²) in [4.78, 5) is 0. The van der Waals surface area contributed by atoms with E-state index in [4.69, 9.17) is 10.00 Å². The molecule has 2 rings (SSSR count). The van der Waals surface area contributed by atoms with Crippen molar-refractivity contribution in [2.24, 2.45) is 0 Å². The number of rotatable bonds is 1. The van der Waals surface area contributed by atoms with Crippen LogP contribution in [0.3, 0.4) is 0 Å². The quantitative estimate of drug-likeness (QED) is 0.825. The molecule has 0 spiro atoms. The van der Waals surface area contributed by atoms with Gasteiger partial charge in [0.15, 0.2) is 0 Å². The lowest BCUT2D eigenvalue weighted by Crippen LogP contribution is -2.36. The molecule has 1 heterocycles. The molecule has 1 unspecified atom stereocenters. The predicted molar refractivity (Wildman–Crippen MR) is 69.9 cm³/mol. The number of aromatic hydroxyl groups is 1. The van der Waals surface area contributed by atoms with Crippen LogP contribution in [0, 0.1) is 32.1 Å². The van der Waals surface area contributed by atoms with Crippen LogP contribution in [0.5, 0.6) is 11.5 Å². The van der Waals surface area contributed by atoms with Gasteiger partial charge in [-0.25, -0.2) is 0 Å². The van der Waals surface area contributed by atoms with Crippen molar-refractivity contribution in [2.45, 2.75) is 52.6 Å². The van der Waals surface area contributed by atoms with Crippen molar-refractivity contribution in [1.82, 2.24) is 0 Å². The summed E-state index contributed by atoms with van der Waals surface area (Å²) in [5, 5.41) is 19.0. The monoisotopic (exact) mass is 245 g/mol. The molecular weight excluding hydrogens is 226 g/mol. The van der Waals surface area contributed by atoms with E-state index in [0.29, 0.717) is 12.2 Å². The lowest BCUT2D eigenvalue weighted by Gasteiger charge is -2.36. The van der Waals surface area contributed by atoms with E-state index in [1.54, 1.807) is 0 Å². The first-order valence-electron chi connectivity index (χ1n) is 6.27. The van der Waals surface area contributed by atoms with Gasteiger partial charge in [0, 0.05) is 5.56 Å². The van der Waals surface area contributed by atoms with E-state index in [2.05, 4.69) is 6.07 Å². The van der Waals surface area contributed by atoms with E-state index in [1.807, 2.05) is 27.7 Å². The molecule has 0 saturated carbocycles. The highest BCUT2D eigenvalue weighted by atomic mass is 16.5. The summed E-state index contributed by atoms with van der Waals surface area (Å²) in [5.74, 6) is 1.24. The standard InChI is InChI=1S/C15H19NO2/c1-9-10(2)14-12(11(3)13(9)17)5-6-15(4,18-14)7-8-16/h17H,5-7H2,1-4H3. The van der Waals surface area contributed by atoms with E-state index >= 15 is 0 Å². The Labute approximate surface area is 108 Å². The number of ether oxygens (including phenoxy) is 1. The van der Waals surface area contributed by atoms with E-state index in [9.17, 15) is 5.11 Å². The third-order valence-corrected chi connectivity index (χ3v) is 4.05. The maximum atomic E-state index is 10.1. The minimum atomic E-state index is -0.400. The first-order valence-corrected chi connectivity index (χ1v) is 6.27. The number of phenolic OH excluding ortho intramolecular Hbond substituents is 1. The maximum Gasteiger partial charge on any atom is 0.127 e. The second-order valence-electron chi connectivity index (χ2n) is 5.42. The first-order chi connectivity index (χ1) is 8.39. The van der Waals surface area contributed by atoms with Crippen molar-refractivity contribution in [3.8, 4) is 17.6 Å². The van der Waals surface area contributed by atoms with E-state index < -0.39 is 5.60 Å². The fourth-order valence-corrected chi connectivity index (χ4v) is 2.59. The molecule has 1 aliphatic rings. The molecule has 0 bridgehead atoms. The van der Waals surface area contributed by atoms with Gasteiger partial charge < -0.3 is 9.84 Å². The molecule has 3 heteroatoms. The Morgan fingerprint density at radius 1 is 1.28 bits per heavy atom. The molecule has 1 aromatic carbocycles. The van der Waals surface area contributed by atoms with E-state index in [0.717, 1.165) is 40.8 Å². The Hall–Kier alpha value is -1.69. The zero-order chi connectivity index (χ0) is 13.5. The van der Waals surface area contributed by atoms with Crippen LogP contribution in [0.2, 0.25) is 0 Å². The molecule has 0 aliphatic carbocycles. The Bertz CT molecular complexity index is 543. The summed E-state index contributed by atoms with van der Waals surface area (Å²) in [7, 11) is 0. The Morgan fingerprint density at radius 3 is 2.56 bits per heavy atom. The summed E-state index contributed by atoms with van der Waals surface area (Å²) < 4.78 is 6.07. The third kappa shape index (κ3) is 1.82. The van der Waals surface area contributed by atoms with Crippen LogP contribution in [0.1, 0.15) is 42.0 Å². The van der Waals surface area contributed by atoms with Crippen molar-refractivity contribution < 1.29 is 9.84 Å². The van der Waals surface area contributed by atoms with Gasteiger partial charge in [-0.05, 0) is 57.2 Å². The lowest BCUT2D eigenvalue weighted by molar-refractivity contribution is 0.0684. The number of nitriles is 1. The molecule has 1 aromatic rings. The van der Waals surface area contributed by atoms with Crippen LogP contribution in [-0.2, 0) is 6.42 Å². The summed E-state index contributed by atoms with van der Waals surface area (Å²) >= 11 is 0. The van der Waals surface area contributed by atoms with Gasteiger partial charge in [0.1, 0.15) is 17.1 Å². The predicted octanol–water partition coefficient (Wildman–Crippen LogP) is 3.31. The topological polar surface area (TPSA) is 53.2 Å². The van der Waals surface area contributed by atoms with Gasteiger partial charge in [-0.3, -0.25) is 0 Å². The fourth-order valence-electron chi connectivity index (χ4n) is 2.59.